The Morgan fingerprint density at radius 1 is 1.50 bits per heavy atom. The highest BCUT2D eigenvalue weighted by atomic mass is 15.4. The van der Waals surface area contributed by atoms with Crippen molar-refractivity contribution in [2.45, 2.75) is 20.4 Å². The largest absolute Gasteiger partial charge is 0.269 e. The van der Waals surface area contributed by atoms with E-state index in [1.807, 2.05) is 37.2 Å². The lowest BCUT2D eigenvalue weighted by Gasteiger charge is -2.13. The van der Waals surface area contributed by atoms with Gasteiger partial charge in [-0.3, -0.25) is 9.99 Å². The Labute approximate surface area is 84.8 Å². The number of pyridine rings is 1. The summed E-state index contributed by atoms with van der Waals surface area (Å²) >= 11 is 0. The molecule has 0 unspecified atom stereocenters. The summed E-state index contributed by atoms with van der Waals surface area (Å²) in [5.74, 6) is 0. The van der Waals surface area contributed by atoms with Crippen molar-refractivity contribution in [3.63, 3.8) is 0 Å². The molecule has 0 amide bonds. The Hall–Kier alpha value is -1.64. The molecule has 0 saturated heterocycles. The summed E-state index contributed by atoms with van der Waals surface area (Å²) in [7, 11) is 0. The summed E-state index contributed by atoms with van der Waals surface area (Å²) in [5, 5.41) is 5.72. The average Bonchev–Trinajstić information content (AvgIpc) is 2.17. The molecular weight excluding hydrogens is 174 g/mol. The molecule has 0 N–H and O–H groups in total. The van der Waals surface area contributed by atoms with Crippen LogP contribution in [0.3, 0.4) is 0 Å². The maximum atomic E-state index is 3.96. The number of hydrogen-bond donors (Lipinski definition) is 0. The Morgan fingerprint density at radius 3 is 2.64 bits per heavy atom. The molecule has 3 heteroatoms. The van der Waals surface area contributed by atoms with Crippen molar-refractivity contribution in [3.05, 3.63) is 41.9 Å². The van der Waals surface area contributed by atoms with Gasteiger partial charge in [-0.15, -0.1) is 0 Å². The van der Waals surface area contributed by atoms with Crippen LogP contribution in [0.5, 0.6) is 0 Å². The second kappa shape index (κ2) is 5.17. The highest BCUT2D eigenvalue weighted by Crippen LogP contribution is 2.05. The van der Waals surface area contributed by atoms with Crippen LogP contribution in [0.2, 0.25) is 0 Å². The van der Waals surface area contributed by atoms with Crippen LogP contribution >= 0.6 is 0 Å². The maximum Gasteiger partial charge on any atom is 0.0660 e. The van der Waals surface area contributed by atoms with Crippen LogP contribution in [0.25, 0.3) is 0 Å². The second-order valence-corrected chi connectivity index (χ2v) is 3.30. The summed E-state index contributed by atoms with van der Waals surface area (Å²) in [6, 6.07) is 3.94. The fraction of sp³-hybridized carbons (Fsp3) is 0.273. The van der Waals surface area contributed by atoms with Crippen LogP contribution in [0.15, 0.2) is 41.4 Å². The number of rotatable bonds is 4. The van der Waals surface area contributed by atoms with Crippen LogP contribution in [-0.2, 0) is 6.54 Å². The number of hydrazone groups is 1. The van der Waals surface area contributed by atoms with Crippen LogP contribution in [-0.4, -0.2) is 16.7 Å². The average molecular weight is 189 g/mol. The van der Waals surface area contributed by atoms with Gasteiger partial charge in [0.25, 0.3) is 0 Å². The molecule has 0 aliphatic rings. The first-order valence-electron chi connectivity index (χ1n) is 4.49. The summed E-state index contributed by atoms with van der Waals surface area (Å²) in [6.45, 7) is 8.32. The number of hydrogen-bond acceptors (Lipinski definition) is 3. The fourth-order valence-electron chi connectivity index (χ4n) is 1.11. The zero-order valence-electron chi connectivity index (χ0n) is 8.64. The van der Waals surface area contributed by atoms with Crippen LogP contribution in [0, 0.1) is 0 Å². The number of allylic oxidation sites excluding steroid dienone is 1. The minimum absolute atomic E-state index is 0.733. The van der Waals surface area contributed by atoms with E-state index < -0.39 is 0 Å². The molecule has 0 atom stereocenters. The summed E-state index contributed by atoms with van der Waals surface area (Å²) < 4.78 is 0. The van der Waals surface area contributed by atoms with E-state index >= 15 is 0 Å². The van der Waals surface area contributed by atoms with Gasteiger partial charge in [0.05, 0.1) is 6.54 Å². The normalized spacial score (nSPS) is 9.29. The minimum Gasteiger partial charge on any atom is -0.269 e. The van der Waals surface area contributed by atoms with Crippen LogP contribution in [0.4, 0.5) is 0 Å². The zero-order chi connectivity index (χ0) is 10.4. The molecule has 0 bridgehead atoms. The molecule has 0 aromatic carbocycles. The van der Waals surface area contributed by atoms with Gasteiger partial charge in [0.1, 0.15) is 0 Å². The predicted molar refractivity (Wildman–Crippen MR) is 58.8 cm³/mol. The molecule has 0 saturated carbocycles. The molecule has 3 nitrogen and oxygen atoms in total. The molecule has 1 rings (SSSR count). The molecule has 14 heavy (non-hydrogen) atoms. The number of aromatic nitrogens is 1. The van der Waals surface area contributed by atoms with Crippen LogP contribution in [0.1, 0.15) is 19.4 Å². The lowest BCUT2D eigenvalue weighted by atomic mass is 10.2. The van der Waals surface area contributed by atoms with Gasteiger partial charge in [0.2, 0.25) is 0 Å². The van der Waals surface area contributed by atoms with Crippen LogP contribution < -0.4 is 0 Å². The first kappa shape index (κ1) is 10.4. The lowest BCUT2D eigenvalue weighted by Crippen LogP contribution is -2.09. The fourth-order valence-corrected chi connectivity index (χ4v) is 1.11. The summed E-state index contributed by atoms with van der Waals surface area (Å²) in [6.07, 6.45) is 5.52. The van der Waals surface area contributed by atoms with Gasteiger partial charge in [0, 0.05) is 25.3 Å². The molecule has 1 aromatic heterocycles. The van der Waals surface area contributed by atoms with Crippen molar-refractivity contribution in [3.8, 4) is 0 Å². The van der Waals surface area contributed by atoms with E-state index in [-0.39, 0.29) is 0 Å². The molecule has 0 fully saturated rings. The molecule has 74 valence electrons. The molecule has 1 aromatic rings. The highest BCUT2D eigenvalue weighted by Gasteiger charge is 1.97. The molecular formula is C11H15N3. The molecule has 0 radical (unpaired) electrons. The molecule has 0 aliphatic carbocycles. The Morgan fingerprint density at radius 2 is 2.14 bits per heavy atom. The van der Waals surface area contributed by atoms with E-state index in [1.54, 1.807) is 12.4 Å². The summed E-state index contributed by atoms with van der Waals surface area (Å²) in [4.78, 5) is 3.96. The first-order valence-corrected chi connectivity index (χ1v) is 4.49. The van der Waals surface area contributed by atoms with Gasteiger partial charge in [-0.2, -0.15) is 5.10 Å². The predicted octanol–water partition coefficient (Wildman–Crippen LogP) is 2.42. The first-order chi connectivity index (χ1) is 6.72. The number of nitrogens with zero attached hydrogens (tertiary/aromatic N) is 3. The Balaban J connectivity index is 2.67. The Kier molecular flexibility index (Phi) is 3.85. The van der Waals surface area contributed by atoms with Crippen molar-refractivity contribution >= 4 is 6.72 Å². The van der Waals surface area contributed by atoms with E-state index in [2.05, 4.69) is 16.8 Å². The molecule has 1 heterocycles. The van der Waals surface area contributed by atoms with E-state index in [1.165, 1.54) is 11.1 Å². The maximum absolute atomic E-state index is 3.96. The van der Waals surface area contributed by atoms with E-state index in [0.29, 0.717) is 0 Å². The minimum atomic E-state index is 0.733. The molecule has 0 spiro atoms. The van der Waals surface area contributed by atoms with Crippen molar-refractivity contribution < 1.29 is 0 Å². The van der Waals surface area contributed by atoms with Gasteiger partial charge in [-0.05, 0) is 31.5 Å². The monoisotopic (exact) mass is 189 g/mol. The van der Waals surface area contributed by atoms with Gasteiger partial charge in [-0.25, -0.2) is 0 Å². The van der Waals surface area contributed by atoms with Crippen molar-refractivity contribution in [1.29, 1.82) is 0 Å². The second-order valence-electron chi connectivity index (χ2n) is 3.30. The standard InChI is InChI=1S/C11H15N3/c1-10(2)8-14(12-3)9-11-4-6-13-7-5-11/h4-8H,3,9H2,1-2H3. The third-order valence-corrected chi connectivity index (χ3v) is 1.68. The zero-order valence-corrected chi connectivity index (χ0v) is 8.64. The highest BCUT2D eigenvalue weighted by molar-refractivity contribution is 5.23. The van der Waals surface area contributed by atoms with Crippen molar-refractivity contribution in [2.75, 3.05) is 0 Å². The van der Waals surface area contributed by atoms with Crippen molar-refractivity contribution in [2.24, 2.45) is 5.10 Å². The smallest absolute Gasteiger partial charge is 0.0660 e. The van der Waals surface area contributed by atoms with Gasteiger partial charge < -0.3 is 0 Å². The Bertz CT molecular complexity index is 313. The lowest BCUT2D eigenvalue weighted by molar-refractivity contribution is 0.392. The van der Waals surface area contributed by atoms with Gasteiger partial charge in [-0.1, -0.05) is 5.57 Å². The third kappa shape index (κ3) is 3.39. The van der Waals surface area contributed by atoms with E-state index in [4.69, 9.17) is 0 Å². The van der Waals surface area contributed by atoms with Gasteiger partial charge in [0.15, 0.2) is 0 Å². The quantitative estimate of drug-likeness (QED) is 0.537. The SMILES string of the molecule is C=NN(C=C(C)C)Cc1ccncc1. The third-order valence-electron chi connectivity index (χ3n) is 1.68. The van der Waals surface area contributed by atoms with E-state index in [9.17, 15) is 0 Å². The van der Waals surface area contributed by atoms with Gasteiger partial charge >= 0.3 is 0 Å². The topological polar surface area (TPSA) is 28.5 Å². The molecule has 0 aliphatic heterocycles. The van der Waals surface area contributed by atoms with Crippen molar-refractivity contribution in [1.82, 2.24) is 9.99 Å². The summed E-state index contributed by atoms with van der Waals surface area (Å²) in [5.41, 5.74) is 2.37. The van der Waals surface area contributed by atoms with E-state index in [0.717, 1.165) is 6.54 Å².